The first-order valence-electron chi connectivity index (χ1n) is 9.41. The molecule has 7 nitrogen and oxygen atoms in total. The number of rotatable bonds is 7. The van der Waals surface area contributed by atoms with Crippen molar-refractivity contribution in [3.05, 3.63) is 64.2 Å². The molecular weight excluding hydrogens is 362 g/mol. The van der Waals surface area contributed by atoms with Gasteiger partial charge in [0.2, 0.25) is 0 Å². The molecule has 0 radical (unpaired) electrons. The number of benzene rings is 2. The Balaban J connectivity index is 1.41. The second-order valence-electron chi connectivity index (χ2n) is 6.85. The maximum absolute atomic E-state index is 11.7. The summed E-state index contributed by atoms with van der Waals surface area (Å²) in [6.07, 6.45) is 5.52. The maximum atomic E-state index is 11.7. The summed E-state index contributed by atoms with van der Waals surface area (Å²) < 4.78 is 15.9. The average molecular weight is 385 g/mol. The van der Waals surface area contributed by atoms with Gasteiger partial charge in [0.25, 0.3) is 5.69 Å². The normalized spacial score (nSPS) is 14.3. The van der Waals surface area contributed by atoms with E-state index in [0.717, 1.165) is 17.9 Å². The van der Waals surface area contributed by atoms with Crippen molar-refractivity contribution in [3.63, 3.8) is 0 Å². The van der Waals surface area contributed by atoms with Crippen molar-refractivity contribution in [2.24, 2.45) is 5.92 Å². The van der Waals surface area contributed by atoms with E-state index in [9.17, 15) is 14.9 Å². The van der Waals surface area contributed by atoms with Crippen molar-refractivity contribution in [3.8, 4) is 11.5 Å². The number of hydrogen-bond acceptors (Lipinski definition) is 6. The van der Waals surface area contributed by atoms with Gasteiger partial charge in [0.1, 0.15) is 18.1 Å². The minimum absolute atomic E-state index is 0.0642. The molecule has 0 heterocycles. The summed E-state index contributed by atoms with van der Waals surface area (Å²) in [4.78, 5) is 21.8. The van der Waals surface area contributed by atoms with E-state index in [1.807, 2.05) is 24.3 Å². The first-order valence-corrected chi connectivity index (χ1v) is 9.41. The Morgan fingerprint density at radius 3 is 2.25 bits per heavy atom. The number of nitrogens with zero attached hydrogens (tertiary/aromatic N) is 1. The molecule has 0 atom stereocenters. The van der Waals surface area contributed by atoms with E-state index in [0.29, 0.717) is 5.92 Å². The molecule has 1 aliphatic carbocycles. The van der Waals surface area contributed by atoms with Gasteiger partial charge in [-0.3, -0.25) is 10.1 Å². The topological polar surface area (TPSA) is 87.9 Å². The Bertz CT molecular complexity index is 782. The monoisotopic (exact) mass is 385 g/mol. The summed E-state index contributed by atoms with van der Waals surface area (Å²) in [7, 11) is 0. The lowest BCUT2D eigenvalue weighted by Crippen LogP contribution is -2.15. The quantitative estimate of drug-likeness (QED) is 0.279. The third-order valence-corrected chi connectivity index (χ3v) is 4.74. The standard InChI is InChI=1S/C21H23NO6/c23-21(28-20-12-8-18(9-13-20)22(24)25)27-15-17-6-10-19(11-7-17)26-14-16-4-2-1-3-5-16/h6-13,16H,1-5,14-15H2. The third kappa shape index (κ3) is 5.97. The predicted molar refractivity (Wildman–Crippen MR) is 102 cm³/mol. The number of nitro benzene ring substituents is 1. The molecule has 7 heteroatoms. The Morgan fingerprint density at radius 2 is 1.61 bits per heavy atom. The molecule has 0 amide bonds. The molecule has 0 saturated heterocycles. The molecule has 0 unspecified atom stereocenters. The lowest BCUT2D eigenvalue weighted by Gasteiger charge is -2.21. The fourth-order valence-corrected chi connectivity index (χ4v) is 3.15. The highest BCUT2D eigenvalue weighted by Gasteiger charge is 2.14. The minimum Gasteiger partial charge on any atom is -0.493 e. The number of nitro groups is 1. The number of hydrogen-bond donors (Lipinski definition) is 0. The SMILES string of the molecule is O=C(OCc1ccc(OCC2CCCCC2)cc1)Oc1ccc([N+](=O)[O-])cc1. The fourth-order valence-electron chi connectivity index (χ4n) is 3.15. The number of ether oxygens (including phenoxy) is 3. The van der Waals surface area contributed by atoms with Crippen LogP contribution in [0.3, 0.4) is 0 Å². The first-order chi connectivity index (χ1) is 13.6. The van der Waals surface area contributed by atoms with Gasteiger partial charge in [0, 0.05) is 12.1 Å². The Kier molecular flexibility index (Phi) is 6.84. The zero-order chi connectivity index (χ0) is 19.8. The van der Waals surface area contributed by atoms with Crippen molar-refractivity contribution in [2.45, 2.75) is 38.7 Å². The molecule has 0 bridgehead atoms. The summed E-state index contributed by atoms with van der Waals surface area (Å²) in [6.45, 7) is 0.812. The van der Waals surface area contributed by atoms with Crippen LogP contribution < -0.4 is 9.47 Å². The maximum Gasteiger partial charge on any atom is 0.514 e. The van der Waals surface area contributed by atoms with E-state index in [2.05, 4.69) is 0 Å². The van der Waals surface area contributed by atoms with Crippen LogP contribution in [0, 0.1) is 16.0 Å². The van der Waals surface area contributed by atoms with E-state index in [4.69, 9.17) is 14.2 Å². The van der Waals surface area contributed by atoms with Gasteiger partial charge in [-0.2, -0.15) is 0 Å². The molecule has 1 fully saturated rings. The third-order valence-electron chi connectivity index (χ3n) is 4.74. The van der Waals surface area contributed by atoms with Crippen molar-refractivity contribution >= 4 is 11.8 Å². The highest BCUT2D eigenvalue weighted by Crippen LogP contribution is 2.25. The van der Waals surface area contributed by atoms with E-state index >= 15 is 0 Å². The Hall–Kier alpha value is -3.09. The van der Waals surface area contributed by atoms with Gasteiger partial charge in [-0.1, -0.05) is 31.4 Å². The van der Waals surface area contributed by atoms with Gasteiger partial charge in [0.15, 0.2) is 0 Å². The Labute approximate surface area is 163 Å². The van der Waals surface area contributed by atoms with E-state index < -0.39 is 11.1 Å². The van der Waals surface area contributed by atoms with Gasteiger partial charge in [0.05, 0.1) is 11.5 Å². The average Bonchev–Trinajstić information content (AvgIpc) is 2.72. The lowest BCUT2D eigenvalue weighted by molar-refractivity contribution is -0.384. The highest BCUT2D eigenvalue weighted by atomic mass is 16.7. The minimum atomic E-state index is -0.869. The lowest BCUT2D eigenvalue weighted by atomic mass is 9.90. The summed E-state index contributed by atoms with van der Waals surface area (Å²) >= 11 is 0. The molecule has 148 valence electrons. The van der Waals surface area contributed by atoms with Gasteiger partial charge < -0.3 is 14.2 Å². The van der Waals surface area contributed by atoms with E-state index in [-0.39, 0.29) is 18.0 Å². The summed E-state index contributed by atoms with van der Waals surface area (Å²) in [5.41, 5.74) is 0.733. The van der Waals surface area contributed by atoms with Crippen LogP contribution in [0.4, 0.5) is 10.5 Å². The van der Waals surface area contributed by atoms with Crippen LogP contribution in [-0.4, -0.2) is 17.7 Å². The van der Waals surface area contributed by atoms with Crippen molar-refractivity contribution in [1.82, 2.24) is 0 Å². The van der Waals surface area contributed by atoms with Gasteiger partial charge >= 0.3 is 6.16 Å². The van der Waals surface area contributed by atoms with E-state index in [1.54, 1.807) is 0 Å². The second-order valence-corrected chi connectivity index (χ2v) is 6.85. The summed E-state index contributed by atoms with van der Waals surface area (Å²) in [5, 5.41) is 10.6. The van der Waals surface area contributed by atoms with Crippen LogP contribution in [0.2, 0.25) is 0 Å². The zero-order valence-electron chi connectivity index (χ0n) is 15.5. The van der Waals surface area contributed by atoms with Crippen molar-refractivity contribution in [1.29, 1.82) is 0 Å². The molecule has 1 aliphatic rings. The van der Waals surface area contributed by atoms with Gasteiger partial charge in [-0.05, 0) is 48.6 Å². The molecule has 0 aliphatic heterocycles. The van der Waals surface area contributed by atoms with Crippen LogP contribution in [0.5, 0.6) is 11.5 Å². The molecule has 0 N–H and O–H groups in total. The molecule has 2 aromatic rings. The zero-order valence-corrected chi connectivity index (χ0v) is 15.5. The van der Waals surface area contributed by atoms with Crippen LogP contribution >= 0.6 is 0 Å². The Morgan fingerprint density at radius 1 is 0.964 bits per heavy atom. The smallest absolute Gasteiger partial charge is 0.493 e. The van der Waals surface area contributed by atoms with Crippen LogP contribution in [0.1, 0.15) is 37.7 Å². The molecule has 3 rings (SSSR count). The fraction of sp³-hybridized carbons (Fsp3) is 0.381. The molecule has 28 heavy (non-hydrogen) atoms. The molecule has 0 aromatic heterocycles. The first kappa shape index (κ1) is 19.7. The number of carbonyl (C=O) groups is 1. The molecule has 1 saturated carbocycles. The van der Waals surface area contributed by atoms with Crippen molar-refractivity contribution in [2.75, 3.05) is 6.61 Å². The summed E-state index contributed by atoms with van der Waals surface area (Å²) in [5.74, 6) is 1.63. The second kappa shape index (κ2) is 9.73. The number of non-ortho nitro benzene ring substituents is 1. The molecular formula is C21H23NO6. The van der Waals surface area contributed by atoms with Crippen LogP contribution in [-0.2, 0) is 11.3 Å². The molecule has 2 aromatic carbocycles. The van der Waals surface area contributed by atoms with Crippen molar-refractivity contribution < 1.29 is 23.9 Å². The molecule has 0 spiro atoms. The summed E-state index contributed by atoms with van der Waals surface area (Å²) in [6, 6.07) is 12.6. The highest BCUT2D eigenvalue weighted by molar-refractivity contribution is 5.64. The largest absolute Gasteiger partial charge is 0.514 e. The van der Waals surface area contributed by atoms with Crippen LogP contribution in [0.25, 0.3) is 0 Å². The van der Waals surface area contributed by atoms with E-state index in [1.165, 1.54) is 56.4 Å². The predicted octanol–water partition coefficient (Wildman–Crippen LogP) is 5.27. The number of carbonyl (C=O) groups excluding carboxylic acids is 1. The van der Waals surface area contributed by atoms with Gasteiger partial charge in [-0.15, -0.1) is 0 Å². The van der Waals surface area contributed by atoms with Gasteiger partial charge in [-0.25, -0.2) is 4.79 Å². The van der Waals surface area contributed by atoms with Crippen LogP contribution in [0.15, 0.2) is 48.5 Å².